The number of benzene rings is 1. The summed E-state index contributed by atoms with van der Waals surface area (Å²) in [6.45, 7) is 9.16. The monoisotopic (exact) mass is 443 g/mol. The summed E-state index contributed by atoms with van der Waals surface area (Å²) in [5.74, 6) is -3.39. The quantitative estimate of drug-likeness (QED) is 0.604. The molecule has 1 amide bonds. The minimum absolute atomic E-state index is 0.0428. The number of hydrogen-bond donors (Lipinski definition) is 1. The highest BCUT2D eigenvalue weighted by molar-refractivity contribution is 6.18. The molecule has 4 rings (SSSR count). The minimum Gasteiger partial charge on any atom is -0.459 e. The maximum atomic E-state index is 13.8. The van der Waals surface area contributed by atoms with Crippen LogP contribution in [0.25, 0.3) is 16.7 Å². The fraction of sp³-hybridized carbons (Fsp3) is 0.348. The summed E-state index contributed by atoms with van der Waals surface area (Å²) >= 11 is 0. The molecule has 0 unspecified atom stereocenters. The zero-order valence-electron chi connectivity index (χ0n) is 18.4. The molecule has 32 heavy (non-hydrogen) atoms. The molecule has 1 aliphatic rings. The first-order chi connectivity index (χ1) is 15.0. The summed E-state index contributed by atoms with van der Waals surface area (Å²) in [6, 6.07) is 2.94. The second-order valence-electron chi connectivity index (χ2n) is 8.79. The van der Waals surface area contributed by atoms with Crippen LogP contribution in [-0.2, 0) is 14.9 Å². The predicted molar refractivity (Wildman–Crippen MR) is 113 cm³/mol. The summed E-state index contributed by atoms with van der Waals surface area (Å²) in [6.07, 6.45) is 1.000. The topological polar surface area (TPSA) is 88.4 Å². The molecule has 0 atom stereocenters. The molecule has 0 radical (unpaired) electrons. The molecule has 3 heterocycles. The molecule has 1 aromatic carbocycles. The van der Waals surface area contributed by atoms with E-state index in [4.69, 9.17) is 9.26 Å². The lowest BCUT2D eigenvalue weighted by Crippen LogP contribution is -2.37. The SMILES string of the molecule is Cc1noc2c3c([nH]c12)C(C(=O)OC(C)C)=CN(C(=O)c1ccc(F)c(F)c1)CC3(C)C. The number of H-pyrrole nitrogens is 1. The number of aromatic amines is 1. The van der Waals surface area contributed by atoms with Gasteiger partial charge >= 0.3 is 5.97 Å². The molecule has 0 aliphatic carbocycles. The van der Waals surface area contributed by atoms with E-state index in [1.54, 1.807) is 20.8 Å². The summed E-state index contributed by atoms with van der Waals surface area (Å²) in [7, 11) is 0. The first kappa shape index (κ1) is 21.7. The van der Waals surface area contributed by atoms with Crippen molar-refractivity contribution in [2.24, 2.45) is 0 Å². The van der Waals surface area contributed by atoms with E-state index in [1.165, 1.54) is 17.2 Å². The number of esters is 1. The first-order valence-corrected chi connectivity index (χ1v) is 10.2. The fourth-order valence-electron chi connectivity index (χ4n) is 3.97. The number of fused-ring (bicyclic) bond motifs is 3. The second-order valence-corrected chi connectivity index (χ2v) is 8.79. The van der Waals surface area contributed by atoms with E-state index >= 15 is 0 Å². The van der Waals surface area contributed by atoms with Crippen molar-refractivity contribution in [1.82, 2.24) is 15.0 Å². The highest BCUT2D eigenvalue weighted by atomic mass is 19.2. The molecule has 0 spiro atoms. The predicted octanol–water partition coefficient (Wildman–Crippen LogP) is 4.47. The van der Waals surface area contributed by atoms with Crippen LogP contribution in [0.3, 0.4) is 0 Å². The molecular formula is C23H23F2N3O4. The Labute approximate surface area is 183 Å². The van der Waals surface area contributed by atoms with Crippen LogP contribution < -0.4 is 0 Å². The Balaban J connectivity index is 1.89. The maximum Gasteiger partial charge on any atom is 0.342 e. The van der Waals surface area contributed by atoms with Crippen LogP contribution in [0.1, 0.15) is 55.0 Å². The molecule has 168 valence electrons. The molecule has 2 aromatic heterocycles. The van der Waals surface area contributed by atoms with E-state index < -0.39 is 28.9 Å². The van der Waals surface area contributed by atoms with Crippen molar-refractivity contribution in [2.45, 2.75) is 46.1 Å². The van der Waals surface area contributed by atoms with Gasteiger partial charge in [0, 0.05) is 29.3 Å². The molecular weight excluding hydrogens is 420 g/mol. The second kappa shape index (κ2) is 7.58. The molecule has 9 heteroatoms. The third-order valence-electron chi connectivity index (χ3n) is 5.38. The normalized spacial score (nSPS) is 15.5. The lowest BCUT2D eigenvalue weighted by molar-refractivity contribution is -0.140. The molecule has 0 bridgehead atoms. The molecule has 0 saturated heterocycles. The summed E-state index contributed by atoms with van der Waals surface area (Å²) in [5.41, 5.74) is 2.33. The number of aryl methyl sites for hydroxylation is 1. The van der Waals surface area contributed by atoms with Crippen molar-refractivity contribution < 1.29 is 27.6 Å². The Morgan fingerprint density at radius 2 is 1.97 bits per heavy atom. The van der Waals surface area contributed by atoms with Gasteiger partial charge in [0.1, 0.15) is 11.2 Å². The number of amides is 1. The van der Waals surface area contributed by atoms with Gasteiger partial charge < -0.3 is 19.1 Å². The maximum absolute atomic E-state index is 13.8. The van der Waals surface area contributed by atoms with Crippen LogP contribution in [0.15, 0.2) is 28.9 Å². The smallest absolute Gasteiger partial charge is 0.342 e. The van der Waals surface area contributed by atoms with Gasteiger partial charge in [0.25, 0.3) is 5.91 Å². The number of carbonyl (C=O) groups excluding carboxylic acids is 2. The van der Waals surface area contributed by atoms with Crippen molar-refractivity contribution in [3.8, 4) is 0 Å². The number of nitrogens with zero attached hydrogens (tertiary/aromatic N) is 2. The van der Waals surface area contributed by atoms with E-state index in [9.17, 15) is 18.4 Å². The number of halogens is 2. The lowest BCUT2D eigenvalue weighted by Gasteiger charge is -2.29. The van der Waals surface area contributed by atoms with Gasteiger partial charge in [-0.2, -0.15) is 0 Å². The number of ether oxygens (including phenoxy) is 1. The van der Waals surface area contributed by atoms with Crippen LogP contribution in [0.2, 0.25) is 0 Å². The average Bonchev–Trinajstić information content (AvgIpc) is 3.22. The van der Waals surface area contributed by atoms with Crippen LogP contribution in [-0.4, -0.2) is 39.6 Å². The van der Waals surface area contributed by atoms with Gasteiger partial charge in [0.2, 0.25) is 0 Å². The van der Waals surface area contributed by atoms with Crippen molar-refractivity contribution in [3.63, 3.8) is 0 Å². The van der Waals surface area contributed by atoms with Gasteiger partial charge in [0.05, 0.1) is 17.4 Å². The van der Waals surface area contributed by atoms with Crippen LogP contribution in [0.5, 0.6) is 0 Å². The van der Waals surface area contributed by atoms with Crippen molar-refractivity contribution >= 4 is 28.5 Å². The van der Waals surface area contributed by atoms with Crippen molar-refractivity contribution in [2.75, 3.05) is 6.54 Å². The zero-order chi connectivity index (χ0) is 23.4. The van der Waals surface area contributed by atoms with Gasteiger partial charge in [-0.15, -0.1) is 0 Å². The largest absolute Gasteiger partial charge is 0.459 e. The van der Waals surface area contributed by atoms with Gasteiger partial charge in [-0.25, -0.2) is 13.6 Å². The molecule has 0 saturated carbocycles. The van der Waals surface area contributed by atoms with E-state index in [0.29, 0.717) is 28.1 Å². The highest BCUT2D eigenvalue weighted by Gasteiger charge is 2.39. The van der Waals surface area contributed by atoms with Crippen LogP contribution in [0.4, 0.5) is 8.78 Å². The third kappa shape index (κ3) is 3.57. The number of carbonyl (C=O) groups is 2. The zero-order valence-corrected chi connectivity index (χ0v) is 18.4. The van der Waals surface area contributed by atoms with Crippen LogP contribution in [0, 0.1) is 18.6 Å². The minimum atomic E-state index is -1.13. The number of rotatable bonds is 3. The molecule has 0 fully saturated rings. The summed E-state index contributed by atoms with van der Waals surface area (Å²) in [4.78, 5) is 30.8. The Morgan fingerprint density at radius 1 is 1.25 bits per heavy atom. The van der Waals surface area contributed by atoms with E-state index in [-0.39, 0.29) is 23.8 Å². The van der Waals surface area contributed by atoms with E-state index in [2.05, 4.69) is 10.1 Å². The summed E-state index contributed by atoms with van der Waals surface area (Å²) in [5, 5.41) is 4.00. The lowest BCUT2D eigenvalue weighted by atomic mass is 9.83. The third-order valence-corrected chi connectivity index (χ3v) is 5.38. The van der Waals surface area contributed by atoms with Gasteiger partial charge in [-0.1, -0.05) is 19.0 Å². The molecule has 1 N–H and O–H groups in total. The first-order valence-electron chi connectivity index (χ1n) is 10.2. The van der Waals surface area contributed by atoms with Crippen molar-refractivity contribution in [3.05, 3.63) is 58.5 Å². The Bertz CT molecular complexity index is 1270. The highest BCUT2D eigenvalue weighted by Crippen LogP contribution is 2.41. The Morgan fingerprint density at radius 3 is 2.62 bits per heavy atom. The van der Waals surface area contributed by atoms with Crippen LogP contribution >= 0.6 is 0 Å². The average molecular weight is 443 g/mol. The van der Waals surface area contributed by atoms with E-state index in [0.717, 1.165) is 12.1 Å². The standard InChI is InChI=1S/C23H23F2N3O4/c1-11(2)31-22(30)14-9-28(21(29)13-6-7-15(24)16(25)8-13)10-23(4,5)17-19(14)26-18-12(3)27-32-20(17)18/h6-9,11,26H,10H2,1-5H3. The fourth-order valence-corrected chi connectivity index (χ4v) is 3.97. The number of hydrogen-bond acceptors (Lipinski definition) is 5. The van der Waals surface area contributed by atoms with Gasteiger partial charge in [-0.3, -0.25) is 4.79 Å². The molecule has 7 nitrogen and oxygen atoms in total. The number of aromatic nitrogens is 2. The molecule has 1 aliphatic heterocycles. The number of nitrogens with one attached hydrogen (secondary N) is 1. The van der Waals surface area contributed by atoms with Gasteiger partial charge in [0.15, 0.2) is 17.2 Å². The van der Waals surface area contributed by atoms with Gasteiger partial charge in [-0.05, 0) is 39.0 Å². The Kier molecular flexibility index (Phi) is 5.15. The van der Waals surface area contributed by atoms with E-state index in [1.807, 2.05) is 13.8 Å². The molecule has 3 aromatic rings. The van der Waals surface area contributed by atoms with Crippen molar-refractivity contribution in [1.29, 1.82) is 0 Å². The summed E-state index contributed by atoms with van der Waals surface area (Å²) < 4.78 is 38.1. The Hall–Kier alpha value is -3.49.